The summed E-state index contributed by atoms with van der Waals surface area (Å²) < 4.78 is 8.16. The Kier molecular flexibility index (Phi) is 6.94. The summed E-state index contributed by atoms with van der Waals surface area (Å²) in [4.78, 5) is 23.4. The molecule has 0 radical (unpaired) electrons. The number of piperidine rings is 1. The molecule has 1 fully saturated rings. The highest BCUT2D eigenvalue weighted by Gasteiger charge is 2.21. The van der Waals surface area contributed by atoms with Crippen molar-refractivity contribution >= 4 is 5.91 Å². The van der Waals surface area contributed by atoms with Gasteiger partial charge in [0.2, 0.25) is 0 Å². The van der Waals surface area contributed by atoms with Gasteiger partial charge in [0.05, 0.1) is 5.69 Å². The van der Waals surface area contributed by atoms with Gasteiger partial charge in [0.25, 0.3) is 5.91 Å². The Morgan fingerprint density at radius 3 is 2.58 bits per heavy atom. The molecular formula is C24H29N5O2. The van der Waals surface area contributed by atoms with Crippen molar-refractivity contribution in [3.05, 3.63) is 78.1 Å². The predicted octanol–water partition coefficient (Wildman–Crippen LogP) is 3.06. The third kappa shape index (κ3) is 5.92. The standard InChI is InChI=1S/C24H29N5O2/c1-19-25-12-16-29(19)17-13-27-24(30)20-5-7-22(8-6-20)31-23-9-14-28(15-10-23)18-21-4-2-3-11-26-21/h2-8,11-12,16,23H,9-10,13-15,17-18H2,1H3,(H,27,30). The number of carbonyl (C=O) groups excluding carboxylic acids is 1. The molecule has 0 saturated carbocycles. The van der Waals surface area contributed by atoms with Crippen molar-refractivity contribution in [1.82, 2.24) is 24.8 Å². The molecule has 0 unspecified atom stereocenters. The Labute approximate surface area is 183 Å². The van der Waals surface area contributed by atoms with Gasteiger partial charge >= 0.3 is 0 Å². The molecule has 3 aromatic rings. The van der Waals surface area contributed by atoms with Crippen LogP contribution in [0.15, 0.2) is 61.1 Å². The lowest BCUT2D eigenvalue weighted by atomic mass is 10.1. The van der Waals surface area contributed by atoms with E-state index in [4.69, 9.17) is 4.74 Å². The van der Waals surface area contributed by atoms with Crippen LogP contribution in [0.2, 0.25) is 0 Å². The van der Waals surface area contributed by atoms with Crippen molar-refractivity contribution in [2.24, 2.45) is 0 Å². The molecule has 1 aliphatic heterocycles. The maximum atomic E-state index is 12.4. The lowest BCUT2D eigenvalue weighted by molar-refractivity contribution is 0.0948. The Morgan fingerprint density at radius 2 is 1.90 bits per heavy atom. The van der Waals surface area contributed by atoms with E-state index in [2.05, 4.69) is 26.3 Å². The van der Waals surface area contributed by atoms with Crippen molar-refractivity contribution in [3.8, 4) is 5.75 Å². The Hall–Kier alpha value is -3.19. The first kappa shape index (κ1) is 21.1. The van der Waals surface area contributed by atoms with E-state index in [0.717, 1.165) is 49.7 Å². The predicted molar refractivity (Wildman–Crippen MR) is 119 cm³/mol. The molecule has 162 valence electrons. The van der Waals surface area contributed by atoms with Gasteiger partial charge in [-0.2, -0.15) is 0 Å². The molecule has 1 aliphatic rings. The fourth-order valence-electron chi connectivity index (χ4n) is 3.82. The van der Waals surface area contributed by atoms with E-state index >= 15 is 0 Å². The van der Waals surface area contributed by atoms with Gasteiger partial charge in [0.15, 0.2) is 0 Å². The number of carbonyl (C=O) groups is 1. The number of nitrogens with one attached hydrogen (secondary N) is 1. The van der Waals surface area contributed by atoms with E-state index < -0.39 is 0 Å². The van der Waals surface area contributed by atoms with Crippen molar-refractivity contribution in [1.29, 1.82) is 0 Å². The average molecular weight is 420 g/mol. The molecular weight excluding hydrogens is 390 g/mol. The van der Waals surface area contributed by atoms with E-state index in [9.17, 15) is 4.79 Å². The smallest absolute Gasteiger partial charge is 0.251 e. The van der Waals surface area contributed by atoms with Gasteiger partial charge in [-0.3, -0.25) is 14.7 Å². The van der Waals surface area contributed by atoms with Gasteiger partial charge in [0, 0.05) is 56.9 Å². The maximum Gasteiger partial charge on any atom is 0.251 e. The molecule has 3 heterocycles. The van der Waals surface area contributed by atoms with E-state index in [0.29, 0.717) is 18.7 Å². The highest BCUT2D eigenvalue weighted by molar-refractivity contribution is 5.94. The van der Waals surface area contributed by atoms with E-state index in [1.54, 1.807) is 6.20 Å². The van der Waals surface area contributed by atoms with Gasteiger partial charge in [-0.05, 0) is 56.2 Å². The van der Waals surface area contributed by atoms with Crippen molar-refractivity contribution < 1.29 is 9.53 Å². The highest BCUT2D eigenvalue weighted by atomic mass is 16.5. The van der Waals surface area contributed by atoms with Crippen molar-refractivity contribution in [3.63, 3.8) is 0 Å². The summed E-state index contributed by atoms with van der Waals surface area (Å²) in [5, 5.41) is 2.95. The molecule has 0 aliphatic carbocycles. The van der Waals surface area contributed by atoms with Crippen LogP contribution in [0.3, 0.4) is 0 Å². The Balaban J connectivity index is 1.20. The molecule has 1 amide bonds. The van der Waals surface area contributed by atoms with Crippen molar-refractivity contribution in [2.45, 2.75) is 39.0 Å². The minimum absolute atomic E-state index is 0.0767. The average Bonchev–Trinajstić information content (AvgIpc) is 3.21. The van der Waals surface area contributed by atoms with Crippen LogP contribution < -0.4 is 10.1 Å². The number of aryl methyl sites for hydroxylation is 1. The second-order valence-corrected chi connectivity index (χ2v) is 7.86. The summed E-state index contributed by atoms with van der Waals surface area (Å²) in [6.45, 7) is 6.10. The summed E-state index contributed by atoms with van der Waals surface area (Å²) in [6.07, 6.45) is 7.70. The number of hydrogen-bond acceptors (Lipinski definition) is 5. The quantitative estimate of drug-likeness (QED) is 0.608. The molecule has 4 rings (SSSR count). The zero-order valence-corrected chi connectivity index (χ0v) is 17.9. The maximum absolute atomic E-state index is 12.4. The topological polar surface area (TPSA) is 72.3 Å². The lowest BCUT2D eigenvalue weighted by Gasteiger charge is -2.31. The molecule has 7 heteroatoms. The fraction of sp³-hybridized carbons (Fsp3) is 0.375. The van der Waals surface area contributed by atoms with Crippen LogP contribution >= 0.6 is 0 Å². The van der Waals surface area contributed by atoms with Gasteiger partial charge in [-0.1, -0.05) is 6.07 Å². The minimum Gasteiger partial charge on any atom is -0.490 e. The third-order valence-corrected chi connectivity index (χ3v) is 5.63. The monoisotopic (exact) mass is 419 g/mol. The van der Waals surface area contributed by atoms with Gasteiger partial charge in [-0.15, -0.1) is 0 Å². The fourth-order valence-corrected chi connectivity index (χ4v) is 3.82. The molecule has 31 heavy (non-hydrogen) atoms. The number of likely N-dealkylation sites (tertiary alicyclic amines) is 1. The normalized spacial score (nSPS) is 15.0. The largest absolute Gasteiger partial charge is 0.490 e. The third-order valence-electron chi connectivity index (χ3n) is 5.63. The van der Waals surface area contributed by atoms with Crippen LogP contribution in [0, 0.1) is 6.92 Å². The molecule has 0 spiro atoms. The molecule has 1 aromatic carbocycles. The SMILES string of the molecule is Cc1nccn1CCNC(=O)c1ccc(OC2CCN(Cc3ccccn3)CC2)cc1. The Bertz CT molecular complexity index is 963. The van der Waals surface area contributed by atoms with Gasteiger partial charge < -0.3 is 14.6 Å². The number of benzene rings is 1. The molecule has 7 nitrogen and oxygen atoms in total. The van der Waals surface area contributed by atoms with E-state index in [1.165, 1.54) is 0 Å². The number of hydrogen-bond donors (Lipinski definition) is 1. The molecule has 2 aromatic heterocycles. The number of rotatable bonds is 8. The summed E-state index contributed by atoms with van der Waals surface area (Å²) in [7, 11) is 0. The number of aromatic nitrogens is 3. The van der Waals surface area contributed by atoms with E-state index in [-0.39, 0.29) is 12.0 Å². The second kappa shape index (κ2) is 10.2. The number of pyridine rings is 1. The highest BCUT2D eigenvalue weighted by Crippen LogP contribution is 2.20. The summed E-state index contributed by atoms with van der Waals surface area (Å²) in [5.41, 5.74) is 1.75. The van der Waals surface area contributed by atoms with Crippen LogP contribution in [0.4, 0.5) is 0 Å². The van der Waals surface area contributed by atoms with Crippen LogP contribution in [-0.2, 0) is 13.1 Å². The lowest BCUT2D eigenvalue weighted by Crippen LogP contribution is -2.37. The molecule has 1 N–H and O–H groups in total. The van der Waals surface area contributed by atoms with Crippen LogP contribution in [0.1, 0.15) is 34.7 Å². The zero-order valence-electron chi connectivity index (χ0n) is 17.9. The Morgan fingerprint density at radius 1 is 1.10 bits per heavy atom. The van der Waals surface area contributed by atoms with Crippen LogP contribution in [-0.4, -0.2) is 51.1 Å². The summed E-state index contributed by atoms with van der Waals surface area (Å²) >= 11 is 0. The minimum atomic E-state index is -0.0767. The number of ether oxygens (including phenoxy) is 1. The summed E-state index contributed by atoms with van der Waals surface area (Å²) in [5.74, 6) is 1.68. The molecule has 1 saturated heterocycles. The number of nitrogens with zero attached hydrogens (tertiary/aromatic N) is 4. The molecule has 0 bridgehead atoms. The van der Waals surface area contributed by atoms with Crippen molar-refractivity contribution in [2.75, 3.05) is 19.6 Å². The first-order valence-corrected chi connectivity index (χ1v) is 10.8. The van der Waals surface area contributed by atoms with Gasteiger partial charge in [-0.25, -0.2) is 4.98 Å². The molecule has 0 atom stereocenters. The summed E-state index contributed by atoms with van der Waals surface area (Å²) in [6, 6.07) is 13.5. The van der Waals surface area contributed by atoms with Crippen LogP contribution in [0.5, 0.6) is 5.75 Å². The van der Waals surface area contributed by atoms with Crippen LogP contribution in [0.25, 0.3) is 0 Å². The number of amides is 1. The zero-order chi connectivity index (χ0) is 21.5. The first-order chi connectivity index (χ1) is 15.2. The van der Waals surface area contributed by atoms with Gasteiger partial charge in [0.1, 0.15) is 17.7 Å². The number of imidazole rings is 1. The van der Waals surface area contributed by atoms with E-state index in [1.807, 2.05) is 60.3 Å². The first-order valence-electron chi connectivity index (χ1n) is 10.8. The second-order valence-electron chi connectivity index (χ2n) is 7.86.